The van der Waals surface area contributed by atoms with Gasteiger partial charge in [0.1, 0.15) is 0 Å². The molecule has 2 heterocycles. The highest BCUT2D eigenvalue weighted by atomic mass is 79.9. The molecule has 0 unspecified atom stereocenters. The molecule has 0 saturated heterocycles. The lowest BCUT2D eigenvalue weighted by Crippen LogP contribution is -2.09. The van der Waals surface area contributed by atoms with Crippen LogP contribution >= 0.6 is 27.3 Å². The van der Waals surface area contributed by atoms with Crippen molar-refractivity contribution in [1.29, 1.82) is 0 Å². The molecule has 0 fully saturated rings. The maximum atomic E-state index is 12.4. The number of fused-ring (bicyclic) bond motifs is 1. The van der Waals surface area contributed by atoms with Crippen LogP contribution in [0, 0.1) is 0 Å². The molecule has 146 valence electrons. The van der Waals surface area contributed by atoms with Crippen LogP contribution in [0.5, 0.6) is 0 Å². The number of nitrogens with zero attached hydrogens (tertiary/aromatic N) is 1. The molecular weight excluding hydrogens is 454 g/mol. The molecule has 29 heavy (non-hydrogen) atoms. The van der Waals surface area contributed by atoms with E-state index in [-0.39, 0.29) is 11.6 Å². The van der Waals surface area contributed by atoms with Gasteiger partial charge in [-0.1, -0.05) is 18.2 Å². The minimum absolute atomic E-state index is 0.152. The number of H-pyrrole nitrogens is 1. The van der Waals surface area contributed by atoms with Crippen molar-refractivity contribution >= 4 is 55.7 Å². The fraction of sp³-hybridized carbons (Fsp3) is 0.0952. The topological polar surface area (TPSA) is 84.1 Å². The van der Waals surface area contributed by atoms with Gasteiger partial charge in [-0.25, -0.2) is 4.79 Å². The number of nitrogens with one attached hydrogen (secondary N) is 2. The van der Waals surface area contributed by atoms with Crippen molar-refractivity contribution in [3.05, 3.63) is 69.0 Å². The second-order valence-electron chi connectivity index (χ2n) is 6.19. The molecule has 6 nitrogen and oxygen atoms in total. The van der Waals surface area contributed by atoms with Crippen molar-refractivity contribution in [3.63, 3.8) is 0 Å². The average molecular weight is 470 g/mol. The molecule has 0 atom stereocenters. The summed E-state index contributed by atoms with van der Waals surface area (Å²) in [5.74, 6) is -0.600. The van der Waals surface area contributed by atoms with Crippen LogP contribution in [0.2, 0.25) is 0 Å². The molecule has 0 spiro atoms. The first-order valence-electron chi connectivity index (χ1n) is 8.87. The number of halogens is 1. The first-order valence-corrected chi connectivity index (χ1v) is 10.5. The highest BCUT2D eigenvalue weighted by Gasteiger charge is 2.16. The normalized spacial score (nSPS) is 10.8. The molecule has 4 aromatic rings. The minimum Gasteiger partial charge on any atom is -0.461 e. The second kappa shape index (κ2) is 8.18. The Balaban J connectivity index is 1.60. The minimum atomic E-state index is -0.448. The summed E-state index contributed by atoms with van der Waals surface area (Å²) >= 11 is 4.75. The van der Waals surface area contributed by atoms with Gasteiger partial charge >= 0.3 is 5.97 Å². The third kappa shape index (κ3) is 4.08. The van der Waals surface area contributed by atoms with Crippen LogP contribution < -0.4 is 5.32 Å². The van der Waals surface area contributed by atoms with Crippen molar-refractivity contribution in [3.8, 4) is 11.1 Å². The lowest BCUT2D eigenvalue weighted by Gasteiger charge is -2.07. The maximum absolute atomic E-state index is 12.4. The molecule has 0 aliphatic carbocycles. The number of hydrogen-bond donors (Lipinski definition) is 2. The highest BCUT2D eigenvalue weighted by molar-refractivity contribution is 9.11. The number of anilines is 1. The highest BCUT2D eigenvalue weighted by Crippen LogP contribution is 2.28. The summed E-state index contributed by atoms with van der Waals surface area (Å²) in [6.45, 7) is 2.06. The van der Waals surface area contributed by atoms with Gasteiger partial charge in [0.15, 0.2) is 5.69 Å². The molecule has 4 rings (SSSR count). The number of thiophene rings is 1. The maximum Gasteiger partial charge on any atom is 0.359 e. The fourth-order valence-corrected chi connectivity index (χ4v) is 4.24. The molecule has 0 aliphatic heterocycles. The summed E-state index contributed by atoms with van der Waals surface area (Å²) in [4.78, 5) is 25.0. The summed E-state index contributed by atoms with van der Waals surface area (Å²) < 4.78 is 5.94. The van der Waals surface area contributed by atoms with Gasteiger partial charge in [-0.15, -0.1) is 11.3 Å². The number of carbonyl (C=O) groups excluding carboxylic acids is 2. The van der Waals surface area contributed by atoms with Crippen LogP contribution in [0.15, 0.2) is 58.4 Å². The Hall–Kier alpha value is -2.97. The standard InChI is InChI=1S/C21H16BrN3O3S/c1-2-28-21(27)19-15-7-6-13(11-16(15)24-25-19)12-4-3-5-14(10-12)23-20(26)17-8-9-18(22)29-17/h3-11H,2H2,1H3,(H,23,26)(H,24,25). The summed E-state index contributed by atoms with van der Waals surface area (Å²) in [6, 6.07) is 16.9. The van der Waals surface area contributed by atoms with Gasteiger partial charge in [0.05, 0.1) is 20.8 Å². The predicted molar refractivity (Wildman–Crippen MR) is 117 cm³/mol. The Morgan fingerprint density at radius 3 is 2.72 bits per heavy atom. The van der Waals surface area contributed by atoms with Crippen LogP contribution in [-0.4, -0.2) is 28.7 Å². The van der Waals surface area contributed by atoms with E-state index in [1.54, 1.807) is 13.0 Å². The van der Waals surface area contributed by atoms with E-state index >= 15 is 0 Å². The van der Waals surface area contributed by atoms with E-state index < -0.39 is 5.97 Å². The van der Waals surface area contributed by atoms with Gasteiger partial charge < -0.3 is 10.1 Å². The molecule has 0 saturated carbocycles. The van der Waals surface area contributed by atoms with Crippen LogP contribution in [0.25, 0.3) is 22.0 Å². The quantitative estimate of drug-likeness (QED) is 0.378. The Morgan fingerprint density at radius 1 is 1.14 bits per heavy atom. The molecule has 0 aliphatic rings. The molecule has 2 aromatic carbocycles. The Labute approximate surface area is 179 Å². The van der Waals surface area contributed by atoms with Crippen LogP contribution in [-0.2, 0) is 4.74 Å². The Kier molecular flexibility index (Phi) is 5.46. The second-order valence-corrected chi connectivity index (χ2v) is 8.65. The zero-order valence-electron chi connectivity index (χ0n) is 15.4. The number of esters is 1. The number of aromatic amines is 1. The molecule has 2 N–H and O–H groups in total. The first kappa shape index (κ1) is 19.4. The van der Waals surface area contributed by atoms with Crippen LogP contribution in [0.3, 0.4) is 0 Å². The monoisotopic (exact) mass is 469 g/mol. The van der Waals surface area contributed by atoms with Crippen molar-refractivity contribution < 1.29 is 14.3 Å². The van der Waals surface area contributed by atoms with Gasteiger partial charge in [-0.3, -0.25) is 9.89 Å². The van der Waals surface area contributed by atoms with Gasteiger partial charge in [0, 0.05) is 11.1 Å². The third-order valence-corrected chi connectivity index (χ3v) is 5.90. The SMILES string of the molecule is CCOC(=O)c1n[nH]c2cc(-c3cccc(NC(=O)c4ccc(Br)s4)c3)ccc12. The zero-order valence-corrected chi connectivity index (χ0v) is 17.8. The van der Waals surface area contributed by atoms with Gasteiger partial charge in [-0.05, 0) is 70.4 Å². The number of ether oxygens (including phenoxy) is 1. The van der Waals surface area contributed by atoms with E-state index in [1.165, 1.54) is 11.3 Å². The van der Waals surface area contributed by atoms with Crippen molar-refractivity contribution in [1.82, 2.24) is 10.2 Å². The number of hydrogen-bond acceptors (Lipinski definition) is 5. The van der Waals surface area contributed by atoms with E-state index in [4.69, 9.17) is 4.74 Å². The third-order valence-electron chi connectivity index (χ3n) is 4.28. The largest absolute Gasteiger partial charge is 0.461 e. The summed E-state index contributed by atoms with van der Waals surface area (Å²) in [6.07, 6.45) is 0. The molecule has 2 aromatic heterocycles. The van der Waals surface area contributed by atoms with Crippen LogP contribution in [0.1, 0.15) is 27.1 Å². The molecule has 0 bridgehead atoms. The van der Waals surface area contributed by atoms with Gasteiger partial charge in [0.25, 0.3) is 5.91 Å². The van der Waals surface area contributed by atoms with E-state index in [0.29, 0.717) is 22.6 Å². The van der Waals surface area contributed by atoms with Crippen molar-refractivity contribution in [2.45, 2.75) is 6.92 Å². The Bertz CT molecular complexity index is 1210. The first-order chi connectivity index (χ1) is 14.0. The summed E-state index contributed by atoms with van der Waals surface area (Å²) in [5.41, 5.74) is 3.59. The van der Waals surface area contributed by atoms with Gasteiger partial charge in [-0.2, -0.15) is 5.10 Å². The van der Waals surface area contributed by atoms with E-state index in [9.17, 15) is 9.59 Å². The fourth-order valence-electron chi connectivity index (χ4n) is 2.96. The number of rotatable bonds is 5. The summed E-state index contributed by atoms with van der Waals surface area (Å²) in [7, 11) is 0. The number of amides is 1. The number of carbonyl (C=O) groups is 2. The van der Waals surface area contributed by atoms with Crippen LogP contribution in [0.4, 0.5) is 5.69 Å². The lowest BCUT2D eigenvalue weighted by atomic mass is 10.0. The molecule has 1 amide bonds. The number of benzene rings is 2. The predicted octanol–water partition coefficient (Wildman–Crippen LogP) is 5.48. The summed E-state index contributed by atoms with van der Waals surface area (Å²) in [5, 5.41) is 10.6. The van der Waals surface area contributed by atoms with E-state index in [0.717, 1.165) is 20.4 Å². The van der Waals surface area contributed by atoms with Crippen molar-refractivity contribution in [2.24, 2.45) is 0 Å². The number of aromatic nitrogens is 2. The molecule has 0 radical (unpaired) electrons. The lowest BCUT2D eigenvalue weighted by molar-refractivity contribution is 0.0521. The Morgan fingerprint density at radius 2 is 1.97 bits per heavy atom. The van der Waals surface area contributed by atoms with Gasteiger partial charge in [0.2, 0.25) is 0 Å². The zero-order chi connectivity index (χ0) is 20.4. The van der Waals surface area contributed by atoms with E-state index in [1.807, 2.05) is 48.5 Å². The average Bonchev–Trinajstić information content (AvgIpc) is 3.34. The molecule has 8 heteroatoms. The molecular formula is C21H16BrN3O3S. The van der Waals surface area contributed by atoms with E-state index in [2.05, 4.69) is 31.4 Å². The van der Waals surface area contributed by atoms with Crippen molar-refractivity contribution in [2.75, 3.05) is 11.9 Å². The smallest absolute Gasteiger partial charge is 0.359 e.